The quantitative estimate of drug-likeness (QED) is 0.0324. The van der Waals surface area contributed by atoms with Gasteiger partial charge in [0.2, 0.25) is 5.91 Å². The van der Waals surface area contributed by atoms with Crippen molar-refractivity contribution in [2.75, 3.05) is 6.61 Å². The monoisotopic (exact) mass is 790 g/mol. The van der Waals surface area contributed by atoms with Crippen molar-refractivity contribution in [1.29, 1.82) is 0 Å². The molecule has 3 atom stereocenters. The molecule has 3 unspecified atom stereocenters. The van der Waals surface area contributed by atoms with Gasteiger partial charge in [0.15, 0.2) is 0 Å². The standard InChI is InChI=1S/C50H95NO5/c1-4-7-10-13-16-19-21-23-25-27-30-32-35-38-41-46(56-50(55)43-40-37-34-31-28-26-24-22-20-17-14-11-8-5-2)44-49(54)51-47(45-52)48(53)42-39-36-33-29-18-15-12-9-6-3/h25-28,46-48,52-53H,4-24,29-45H2,1-3H3,(H,51,54)/b27-25+,28-26-. The van der Waals surface area contributed by atoms with Gasteiger partial charge in [-0.3, -0.25) is 9.59 Å². The van der Waals surface area contributed by atoms with Crippen LogP contribution in [0, 0.1) is 0 Å². The lowest BCUT2D eigenvalue weighted by Crippen LogP contribution is -2.46. The predicted octanol–water partition coefficient (Wildman–Crippen LogP) is 14.3. The molecule has 1 amide bonds. The maximum atomic E-state index is 13.1. The van der Waals surface area contributed by atoms with Crippen molar-refractivity contribution in [3.05, 3.63) is 24.3 Å². The van der Waals surface area contributed by atoms with Crippen molar-refractivity contribution in [3.8, 4) is 0 Å². The number of hydrogen-bond acceptors (Lipinski definition) is 5. The van der Waals surface area contributed by atoms with Crippen molar-refractivity contribution in [3.63, 3.8) is 0 Å². The molecule has 0 aromatic carbocycles. The first kappa shape index (κ1) is 54.3. The number of hydrogen-bond donors (Lipinski definition) is 3. The average molecular weight is 790 g/mol. The molecule has 0 heterocycles. The zero-order valence-electron chi connectivity index (χ0n) is 37.5. The highest BCUT2D eigenvalue weighted by molar-refractivity contribution is 5.77. The van der Waals surface area contributed by atoms with E-state index in [9.17, 15) is 19.8 Å². The maximum absolute atomic E-state index is 13.1. The average Bonchev–Trinajstić information content (AvgIpc) is 3.19. The summed E-state index contributed by atoms with van der Waals surface area (Å²) in [6, 6.07) is -0.703. The second-order valence-electron chi connectivity index (χ2n) is 16.9. The topological polar surface area (TPSA) is 95.9 Å². The van der Waals surface area contributed by atoms with Crippen LogP contribution in [-0.2, 0) is 14.3 Å². The van der Waals surface area contributed by atoms with E-state index in [1.807, 2.05) is 0 Å². The molecule has 0 aliphatic rings. The summed E-state index contributed by atoms with van der Waals surface area (Å²) < 4.78 is 5.90. The first-order valence-corrected chi connectivity index (χ1v) is 24.6. The largest absolute Gasteiger partial charge is 0.462 e. The minimum Gasteiger partial charge on any atom is -0.462 e. The van der Waals surface area contributed by atoms with E-state index in [1.165, 1.54) is 141 Å². The Kier molecular flexibility index (Phi) is 43.1. The zero-order valence-corrected chi connectivity index (χ0v) is 37.5. The Hall–Kier alpha value is -1.66. The number of nitrogens with one attached hydrogen (secondary N) is 1. The van der Waals surface area contributed by atoms with Crippen LogP contribution >= 0.6 is 0 Å². The van der Waals surface area contributed by atoms with Gasteiger partial charge < -0.3 is 20.3 Å². The molecule has 6 nitrogen and oxygen atoms in total. The highest BCUT2D eigenvalue weighted by Crippen LogP contribution is 2.17. The van der Waals surface area contributed by atoms with Gasteiger partial charge in [0, 0.05) is 6.42 Å². The fraction of sp³-hybridized carbons (Fsp3) is 0.880. The summed E-state index contributed by atoms with van der Waals surface area (Å²) in [4.78, 5) is 26.0. The van der Waals surface area contributed by atoms with Gasteiger partial charge in [0.05, 0.1) is 25.2 Å². The summed E-state index contributed by atoms with van der Waals surface area (Å²) in [5.41, 5.74) is 0. The molecule has 3 N–H and O–H groups in total. The summed E-state index contributed by atoms with van der Waals surface area (Å²) in [7, 11) is 0. The third kappa shape index (κ3) is 39.2. The third-order valence-corrected chi connectivity index (χ3v) is 11.3. The number of carbonyl (C=O) groups excluding carboxylic acids is 2. The Morgan fingerprint density at radius 1 is 0.500 bits per heavy atom. The van der Waals surface area contributed by atoms with Crippen LogP contribution in [-0.4, -0.2) is 46.9 Å². The molecule has 0 spiro atoms. The lowest BCUT2D eigenvalue weighted by Gasteiger charge is -2.24. The van der Waals surface area contributed by atoms with Crippen molar-refractivity contribution in [1.82, 2.24) is 5.32 Å². The van der Waals surface area contributed by atoms with Crippen LogP contribution in [0.1, 0.15) is 258 Å². The number of aliphatic hydroxyl groups excluding tert-OH is 2. The minimum atomic E-state index is -0.788. The fourth-order valence-electron chi connectivity index (χ4n) is 7.48. The number of rotatable bonds is 44. The van der Waals surface area contributed by atoms with Crippen LogP contribution in [0.25, 0.3) is 0 Å². The van der Waals surface area contributed by atoms with Crippen LogP contribution in [0.15, 0.2) is 24.3 Å². The van der Waals surface area contributed by atoms with Crippen LogP contribution in [0.2, 0.25) is 0 Å². The van der Waals surface area contributed by atoms with E-state index in [2.05, 4.69) is 50.4 Å². The Balaban J connectivity index is 4.62. The Morgan fingerprint density at radius 2 is 0.857 bits per heavy atom. The Morgan fingerprint density at radius 3 is 1.29 bits per heavy atom. The molecule has 0 aliphatic heterocycles. The molecule has 0 radical (unpaired) electrons. The van der Waals surface area contributed by atoms with Crippen LogP contribution in [0.4, 0.5) is 0 Å². The van der Waals surface area contributed by atoms with Gasteiger partial charge in [-0.25, -0.2) is 0 Å². The maximum Gasteiger partial charge on any atom is 0.306 e. The minimum absolute atomic E-state index is 0.0644. The zero-order chi connectivity index (χ0) is 41.0. The van der Waals surface area contributed by atoms with Crippen LogP contribution < -0.4 is 5.32 Å². The fourth-order valence-corrected chi connectivity index (χ4v) is 7.48. The first-order chi connectivity index (χ1) is 27.5. The molecular weight excluding hydrogens is 695 g/mol. The van der Waals surface area contributed by atoms with Crippen LogP contribution in [0.5, 0.6) is 0 Å². The van der Waals surface area contributed by atoms with Gasteiger partial charge in [-0.05, 0) is 77.0 Å². The SMILES string of the molecule is CCCCCCCCC/C=C\CCCCCC(=O)OC(CCCCC/C=C/CCCCCCCCC)CC(=O)NC(CO)C(O)CCCCCCCCCCC. The number of amides is 1. The van der Waals surface area contributed by atoms with Gasteiger partial charge in [-0.2, -0.15) is 0 Å². The molecular formula is C50H95NO5. The molecule has 0 saturated carbocycles. The van der Waals surface area contributed by atoms with Crippen molar-refractivity contribution >= 4 is 11.9 Å². The van der Waals surface area contributed by atoms with Gasteiger partial charge in [-0.1, -0.05) is 193 Å². The second-order valence-corrected chi connectivity index (χ2v) is 16.9. The molecule has 0 saturated heterocycles. The smallest absolute Gasteiger partial charge is 0.306 e. The second kappa shape index (κ2) is 44.4. The molecule has 0 aromatic rings. The van der Waals surface area contributed by atoms with E-state index in [4.69, 9.17) is 4.74 Å². The number of carbonyl (C=O) groups is 2. The number of esters is 1. The van der Waals surface area contributed by atoms with Crippen molar-refractivity contribution < 1.29 is 24.5 Å². The Bertz CT molecular complexity index is 889. The number of ether oxygens (including phenoxy) is 1. The number of aliphatic hydroxyl groups is 2. The predicted molar refractivity (Wildman–Crippen MR) is 241 cm³/mol. The lowest BCUT2D eigenvalue weighted by atomic mass is 10.0. The van der Waals surface area contributed by atoms with Gasteiger partial charge in [0.25, 0.3) is 0 Å². The summed E-state index contributed by atoms with van der Waals surface area (Å²) in [6.07, 6.45) is 49.5. The van der Waals surface area contributed by atoms with Crippen molar-refractivity contribution in [2.45, 2.75) is 277 Å². The molecule has 330 valence electrons. The first-order valence-electron chi connectivity index (χ1n) is 24.6. The van der Waals surface area contributed by atoms with E-state index in [1.54, 1.807) is 0 Å². The van der Waals surface area contributed by atoms with E-state index in [0.29, 0.717) is 19.3 Å². The highest BCUT2D eigenvalue weighted by Gasteiger charge is 2.24. The van der Waals surface area contributed by atoms with E-state index in [0.717, 1.165) is 70.6 Å². The summed E-state index contributed by atoms with van der Waals surface area (Å²) in [5, 5.41) is 23.6. The van der Waals surface area contributed by atoms with Crippen molar-refractivity contribution in [2.24, 2.45) is 0 Å². The molecule has 6 heteroatoms. The third-order valence-electron chi connectivity index (χ3n) is 11.3. The van der Waals surface area contributed by atoms with Gasteiger partial charge in [-0.15, -0.1) is 0 Å². The van der Waals surface area contributed by atoms with Gasteiger partial charge >= 0.3 is 5.97 Å². The van der Waals surface area contributed by atoms with Crippen LogP contribution in [0.3, 0.4) is 0 Å². The number of allylic oxidation sites excluding steroid dienone is 4. The number of unbranched alkanes of at least 4 members (excludes halogenated alkanes) is 28. The Labute approximate surface area is 348 Å². The molecule has 0 rings (SSSR count). The highest BCUT2D eigenvalue weighted by atomic mass is 16.5. The van der Waals surface area contributed by atoms with E-state index in [-0.39, 0.29) is 24.9 Å². The normalized spacial score (nSPS) is 13.4. The molecule has 0 aromatic heterocycles. The van der Waals surface area contributed by atoms with Gasteiger partial charge in [0.1, 0.15) is 6.10 Å². The summed E-state index contributed by atoms with van der Waals surface area (Å²) in [6.45, 7) is 6.45. The molecule has 0 bridgehead atoms. The van der Waals surface area contributed by atoms with E-state index >= 15 is 0 Å². The molecule has 56 heavy (non-hydrogen) atoms. The summed E-state index contributed by atoms with van der Waals surface area (Å²) in [5.74, 6) is -0.501. The van der Waals surface area contributed by atoms with E-state index < -0.39 is 18.2 Å². The molecule has 0 aliphatic carbocycles. The lowest BCUT2D eigenvalue weighted by molar-refractivity contribution is -0.151. The summed E-state index contributed by atoms with van der Waals surface area (Å²) >= 11 is 0. The molecule has 0 fully saturated rings.